The van der Waals surface area contributed by atoms with Gasteiger partial charge < -0.3 is 9.88 Å². The molecule has 0 unspecified atom stereocenters. The summed E-state index contributed by atoms with van der Waals surface area (Å²) in [6.45, 7) is 0.414. The average Bonchev–Trinajstić information content (AvgIpc) is 3.08. The summed E-state index contributed by atoms with van der Waals surface area (Å²) in [6, 6.07) is 4.17. The summed E-state index contributed by atoms with van der Waals surface area (Å²) < 4.78 is 36.3. The molecule has 0 radical (unpaired) electrons. The predicted molar refractivity (Wildman–Crippen MR) is 92.2 cm³/mol. The molecule has 1 atom stereocenters. The van der Waals surface area contributed by atoms with Gasteiger partial charge in [0.05, 0.1) is 35.6 Å². The zero-order valence-corrected chi connectivity index (χ0v) is 15.0. The lowest BCUT2D eigenvalue weighted by atomic mass is 10.2. The topological polar surface area (TPSA) is 86.4 Å². The van der Waals surface area contributed by atoms with Crippen LogP contribution >= 0.6 is 0 Å². The minimum atomic E-state index is -2.98. The number of carbonyl (C=O) groups is 1. The number of rotatable bonds is 5. The molecule has 1 fully saturated rings. The molecular formula is C16H21FN4O3S. The van der Waals surface area contributed by atoms with E-state index in [2.05, 4.69) is 9.97 Å². The van der Waals surface area contributed by atoms with Gasteiger partial charge in [0.2, 0.25) is 5.91 Å². The third-order valence-electron chi connectivity index (χ3n) is 4.52. The van der Waals surface area contributed by atoms with Crippen LogP contribution in [-0.2, 0) is 21.2 Å². The molecule has 136 valence electrons. The molecule has 1 aliphatic rings. The highest BCUT2D eigenvalue weighted by molar-refractivity contribution is 7.91. The maximum absolute atomic E-state index is 13.2. The molecule has 1 saturated heterocycles. The molecule has 2 heterocycles. The van der Waals surface area contributed by atoms with Crippen LogP contribution in [0.3, 0.4) is 0 Å². The van der Waals surface area contributed by atoms with Crippen LogP contribution in [0.2, 0.25) is 0 Å². The molecule has 0 aliphatic carbocycles. The first kappa shape index (κ1) is 17.8. The van der Waals surface area contributed by atoms with E-state index in [4.69, 9.17) is 0 Å². The number of carbonyl (C=O) groups excluding carboxylic acids is 1. The zero-order chi connectivity index (χ0) is 18.2. The van der Waals surface area contributed by atoms with Crippen molar-refractivity contribution in [3.8, 4) is 0 Å². The summed E-state index contributed by atoms with van der Waals surface area (Å²) in [5.74, 6) is 0.387. The Morgan fingerprint density at radius 1 is 1.40 bits per heavy atom. The van der Waals surface area contributed by atoms with Crippen LogP contribution in [0.15, 0.2) is 18.2 Å². The van der Waals surface area contributed by atoms with E-state index in [1.54, 1.807) is 25.1 Å². The number of sulfone groups is 1. The third kappa shape index (κ3) is 4.16. The number of H-pyrrole nitrogens is 1. The van der Waals surface area contributed by atoms with Crippen LogP contribution in [0.25, 0.3) is 11.0 Å². The number of hydrogen-bond donors (Lipinski definition) is 1. The van der Waals surface area contributed by atoms with E-state index < -0.39 is 9.84 Å². The number of halogens is 1. The fourth-order valence-corrected chi connectivity index (χ4v) is 4.81. The van der Waals surface area contributed by atoms with Gasteiger partial charge in [-0.1, -0.05) is 0 Å². The van der Waals surface area contributed by atoms with Crippen molar-refractivity contribution in [2.75, 3.05) is 32.1 Å². The van der Waals surface area contributed by atoms with Gasteiger partial charge in [0.15, 0.2) is 9.84 Å². The smallest absolute Gasteiger partial charge is 0.236 e. The van der Waals surface area contributed by atoms with Crippen LogP contribution in [0.4, 0.5) is 4.39 Å². The second kappa shape index (κ2) is 6.72. The Morgan fingerprint density at radius 3 is 2.84 bits per heavy atom. The van der Waals surface area contributed by atoms with Crippen LogP contribution in [0.5, 0.6) is 0 Å². The number of fused-ring (bicyclic) bond motifs is 1. The van der Waals surface area contributed by atoms with E-state index in [9.17, 15) is 17.6 Å². The monoisotopic (exact) mass is 368 g/mol. The molecule has 9 heteroatoms. The Morgan fingerprint density at radius 2 is 2.16 bits per heavy atom. The van der Waals surface area contributed by atoms with Crippen molar-refractivity contribution in [1.29, 1.82) is 0 Å². The fraction of sp³-hybridized carbons (Fsp3) is 0.500. The van der Waals surface area contributed by atoms with E-state index in [-0.39, 0.29) is 42.4 Å². The minimum Gasteiger partial charge on any atom is -0.340 e. The second-order valence-electron chi connectivity index (χ2n) is 6.57. The first-order chi connectivity index (χ1) is 11.7. The molecule has 1 N–H and O–H groups in total. The van der Waals surface area contributed by atoms with Gasteiger partial charge in [0, 0.05) is 13.1 Å². The number of amides is 1. The number of benzene rings is 1. The van der Waals surface area contributed by atoms with E-state index in [1.165, 1.54) is 17.0 Å². The number of nitrogens with one attached hydrogen (secondary N) is 1. The molecule has 0 spiro atoms. The van der Waals surface area contributed by atoms with Gasteiger partial charge >= 0.3 is 0 Å². The highest BCUT2D eigenvalue weighted by atomic mass is 32.2. The van der Waals surface area contributed by atoms with Crippen molar-refractivity contribution in [2.24, 2.45) is 0 Å². The number of imidazole rings is 1. The maximum Gasteiger partial charge on any atom is 0.236 e. The summed E-state index contributed by atoms with van der Waals surface area (Å²) >= 11 is 0. The molecule has 0 saturated carbocycles. The largest absolute Gasteiger partial charge is 0.340 e. The zero-order valence-electron chi connectivity index (χ0n) is 14.2. The number of hydrogen-bond acceptors (Lipinski definition) is 5. The van der Waals surface area contributed by atoms with E-state index in [0.29, 0.717) is 23.3 Å². The highest BCUT2D eigenvalue weighted by Gasteiger charge is 2.31. The molecule has 2 aromatic rings. The Hall–Kier alpha value is -2.00. The lowest BCUT2D eigenvalue weighted by Crippen LogP contribution is -2.41. The lowest BCUT2D eigenvalue weighted by molar-refractivity contribution is -0.131. The first-order valence-corrected chi connectivity index (χ1v) is 9.84. The maximum atomic E-state index is 13.2. The Labute approximate surface area is 145 Å². The van der Waals surface area contributed by atoms with Gasteiger partial charge in [-0.2, -0.15) is 0 Å². The van der Waals surface area contributed by atoms with Crippen molar-refractivity contribution < 1.29 is 17.6 Å². The molecule has 1 amide bonds. The van der Waals surface area contributed by atoms with Crippen LogP contribution in [-0.4, -0.2) is 72.3 Å². The summed E-state index contributed by atoms with van der Waals surface area (Å²) in [6.07, 6.45) is 0.560. The SMILES string of the molecule is CN(Cc1nc2ccc(F)cc2[nH]1)C(=O)CN(C)[C@@H]1CCS(=O)(=O)C1. The standard InChI is InChI=1S/C16H21FN4O3S/c1-20(12-5-6-25(23,24)10-12)9-16(22)21(2)8-15-18-13-4-3-11(17)7-14(13)19-15/h3-4,7,12H,5-6,8-10H2,1-2H3,(H,18,19)/t12-/m1/s1. The van der Waals surface area contributed by atoms with E-state index in [1.807, 2.05) is 0 Å². The minimum absolute atomic E-state index is 0.107. The average molecular weight is 368 g/mol. The molecule has 7 nitrogen and oxygen atoms in total. The fourth-order valence-electron chi connectivity index (χ4n) is 3.01. The number of aromatic amines is 1. The van der Waals surface area contributed by atoms with Crippen LogP contribution in [0, 0.1) is 5.82 Å². The van der Waals surface area contributed by atoms with Crippen molar-refractivity contribution in [3.63, 3.8) is 0 Å². The second-order valence-corrected chi connectivity index (χ2v) is 8.80. The summed E-state index contributed by atoms with van der Waals surface area (Å²) in [5.41, 5.74) is 1.23. The summed E-state index contributed by atoms with van der Waals surface area (Å²) in [4.78, 5) is 23.0. The molecule has 0 bridgehead atoms. The van der Waals surface area contributed by atoms with Gasteiger partial charge in [-0.3, -0.25) is 9.69 Å². The van der Waals surface area contributed by atoms with Gasteiger partial charge in [-0.25, -0.2) is 17.8 Å². The number of likely N-dealkylation sites (N-methyl/N-ethyl adjacent to an activating group) is 2. The number of aromatic nitrogens is 2. The molecule has 1 aliphatic heterocycles. The normalized spacial score (nSPS) is 19.6. The van der Waals surface area contributed by atoms with Gasteiger partial charge in [-0.05, 0) is 31.7 Å². The van der Waals surface area contributed by atoms with Crippen molar-refractivity contribution in [3.05, 3.63) is 29.8 Å². The molecule has 1 aromatic heterocycles. The van der Waals surface area contributed by atoms with Gasteiger partial charge in [0.1, 0.15) is 11.6 Å². The van der Waals surface area contributed by atoms with Crippen molar-refractivity contribution in [2.45, 2.75) is 19.0 Å². The lowest BCUT2D eigenvalue weighted by Gasteiger charge is -2.25. The summed E-state index contributed by atoms with van der Waals surface area (Å²) in [5, 5.41) is 0. The molecule has 1 aromatic carbocycles. The Balaban J connectivity index is 1.60. The Kier molecular flexibility index (Phi) is 4.79. The highest BCUT2D eigenvalue weighted by Crippen LogP contribution is 2.17. The predicted octanol–water partition coefficient (Wildman–Crippen LogP) is 0.779. The third-order valence-corrected chi connectivity index (χ3v) is 6.27. The van der Waals surface area contributed by atoms with E-state index in [0.717, 1.165) is 0 Å². The van der Waals surface area contributed by atoms with Gasteiger partial charge in [0.25, 0.3) is 0 Å². The van der Waals surface area contributed by atoms with Gasteiger partial charge in [-0.15, -0.1) is 0 Å². The van der Waals surface area contributed by atoms with Crippen molar-refractivity contribution in [1.82, 2.24) is 19.8 Å². The Bertz CT molecular complexity index is 896. The van der Waals surface area contributed by atoms with E-state index >= 15 is 0 Å². The summed E-state index contributed by atoms with van der Waals surface area (Å²) in [7, 11) is 0.451. The molecule has 25 heavy (non-hydrogen) atoms. The van der Waals surface area contributed by atoms with Crippen molar-refractivity contribution >= 4 is 26.8 Å². The first-order valence-electron chi connectivity index (χ1n) is 8.02. The quantitative estimate of drug-likeness (QED) is 0.843. The van der Waals surface area contributed by atoms with Crippen LogP contribution in [0.1, 0.15) is 12.2 Å². The molecular weight excluding hydrogens is 347 g/mol. The molecule has 3 rings (SSSR count). The number of nitrogens with zero attached hydrogens (tertiary/aromatic N) is 3. The van der Waals surface area contributed by atoms with Crippen LogP contribution < -0.4 is 0 Å².